The molecule has 3 rings (SSSR count). The molecule has 1 N–H and O–H groups in total. The van der Waals surface area contributed by atoms with E-state index in [1.807, 2.05) is 24.3 Å². The van der Waals surface area contributed by atoms with E-state index in [4.69, 9.17) is 0 Å². The zero-order valence-electron chi connectivity index (χ0n) is 11.1. The van der Waals surface area contributed by atoms with Gasteiger partial charge in [-0.2, -0.15) is 0 Å². The fourth-order valence-corrected chi connectivity index (χ4v) is 1.83. The molecule has 2 aromatic heterocycles. The predicted octanol–water partition coefficient (Wildman–Crippen LogP) is 2.68. The molecule has 1 aromatic carbocycles. The first kappa shape index (κ1) is 12.9. The summed E-state index contributed by atoms with van der Waals surface area (Å²) in [5.41, 5.74) is 2.91. The Morgan fingerprint density at radius 3 is 2.71 bits per heavy atom. The Balaban J connectivity index is 1.73. The molecule has 0 aliphatic rings. The minimum absolute atomic E-state index is 0.238. The van der Waals surface area contributed by atoms with Crippen molar-refractivity contribution in [2.45, 2.75) is 0 Å². The van der Waals surface area contributed by atoms with E-state index >= 15 is 0 Å². The van der Waals surface area contributed by atoms with E-state index in [2.05, 4.69) is 20.3 Å². The first-order valence-corrected chi connectivity index (χ1v) is 6.42. The van der Waals surface area contributed by atoms with Gasteiger partial charge in [-0.05, 0) is 30.3 Å². The number of hydrogen-bond donors (Lipinski definition) is 1. The van der Waals surface area contributed by atoms with Crippen molar-refractivity contribution < 1.29 is 4.79 Å². The molecule has 1 amide bonds. The SMILES string of the molecule is O=C(/C=C/c1cnc2ccccc2n1)Nc1cccnc1. The fourth-order valence-electron chi connectivity index (χ4n) is 1.83. The molecule has 0 unspecified atom stereocenters. The van der Waals surface area contributed by atoms with E-state index < -0.39 is 0 Å². The molecule has 0 radical (unpaired) electrons. The Morgan fingerprint density at radius 2 is 1.90 bits per heavy atom. The lowest BCUT2D eigenvalue weighted by Crippen LogP contribution is -2.07. The second-order valence-corrected chi connectivity index (χ2v) is 4.35. The van der Waals surface area contributed by atoms with Crippen molar-refractivity contribution in [2.24, 2.45) is 0 Å². The molecule has 0 aliphatic carbocycles. The number of amides is 1. The average Bonchev–Trinajstić information content (AvgIpc) is 2.54. The van der Waals surface area contributed by atoms with E-state index in [-0.39, 0.29) is 5.91 Å². The van der Waals surface area contributed by atoms with Gasteiger partial charge in [0.2, 0.25) is 5.91 Å². The number of carbonyl (C=O) groups excluding carboxylic acids is 1. The van der Waals surface area contributed by atoms with E-state index in [0.717, 1.165) is 11.0 Å². The third-order valence-corrected chi connectivity index (χ3v) is 2.80. The number of anilines is 1. The topological polar surface area (TPSA) is 67.8 Å². The highest BCUT2D eigenvalue weighted by Gasteiger charge is 1.99. The summed E-state index contributed by atoms with van der Waals surface area (Å²) in [5, 5.41) is 2.71. The Kier molecular flexibility index (Phi) is 3.64. The summed E-state index contributed by atoms with van der Waals surface area (Å²) in [7, 11) is 0. The van der Waals surface area contributed by atoms with Crippen LogP contribution in [0.15, 0.2) is 61.1 Å². The normalized spacial score (nSPS) is 10.9. The Labute approximate surface area is 121 Å². The first-order chi connectivity index (χ1) is 10.3. The van der Waals surface area contributed by atoms with Gasteiger partial charge in [-0.3, -0.25) is 14.8 Å². The van der Waals surface area contributed by atoms with Gasteiger partial charge in [0.05, 0.1) is 34.8 Å². The Hall–Kier alpha value is -3.08. The standard InChI is InChI=1S/C16H12N4O/c21-16(20-12-4-3-9-17-10-12)8-7-13-11-18-14-5-1-2-6-15(14)19-13/h1-11H,(H,20,21)/b8-7+. The summed E-state index contributed by atoms with van der Waals surface area (Å²) in [6.07, 6.45) is 7.92. The number of fused-ring (bicyclic) bond motifs is 1. The number of carbonyl (C=O) groups is 1. The first-order valence-electron chi connectivity index (χ1n) is 6.42. The lowest BCUT2D eigenvalue weighted by Gasteiger charge is -2.00. The van der Waals surface area contributed by atoms with Gasteiger partial charge in [0.25, 0.3) is 0 Å². The molecule has 0 saturated heterocycles. The second-order valence-electron chi connectivity index (χ2n) is 4.35. The lowest BCUT2D eigenvalue weighted by molar-refractivity contribution is -0.111. The zero-order valence-corrected chi connectivity index (χ0v) is 11.1. The van der Waals surface area contributed by atoms with Crippen LogP contribution in [-0.2, 0) is 4.79 Å². The van der Waals surface area contributed by atoms with Crippen molar-refractivity contribution in [2.75, 3.05) is 5.32 Å². The van der Waals surface area contributed by atoms with E-state index in [0.29, 0.717) is 11.4 Å². The molecule has 0 fully saturated rings. The molecule has 0 spiro atoms. The van der Waals surface area contributed by atoms with Crippen LogP contribution >= 0.6 is 0 Å². The third-order valence-electron chi connectivity index (χ3n) is 2.80. The van der Waals surface area contributed by atoms with Crippen LogP contribution in [0.25, 0.3) is 17.1 Å². The van der Waals surface area contributed by atoms with Gasteiger partial charge in [-0.1, -0.05) is 12.1 Å². The van der Waals surface area contributed by atoms with Crippen LogP contribution in [0.1, 0.15) is 5.69 Å². The van der Waals surface area contributed by atoms with Gasteiger partial charge in [-0.25, -0.2) is 4.98 Å². The van der Waals surface area contributed by atoms with Crippen LogP contribution in [0, 0.1) is 0 Å². The number of nitrogens with one attached hydrogen (secondary N) is 1. The lowest BCUT2D eigenvalue weighted by atomic mass is 10.3. The molecule has 5 nitrogen and oxygen atoms in total. The maximum Gasteiger partial charge on any atom is 0.248 e. The number of aromatic nitrogens is 3. The fraction of sp³-hybridized carbons (Fsp3) is 0. The van der Waals surface area contributed by atoms with E-state index in [9.17, 15) is 4.79 Å². The summed E-state index contributed by atoms with van der Waals surface area (Å²) in [6, 6.07) is 11.1. The second kappa shape index (κ2) is 5.92. The maximum atomic E-state index is 11.8. The molecule has 0 bridgehead atoms. The largest absolute Gasteiger partial charge is 0.321 e. The molecule has 0 atom stereocenters. The molecule has 2 heterocycles. The van der Waals surface area contributed by atoms with Gasteiger partial charge in [0, 0.05) is 12.3 Å². The molecule has 3 aromatic rings. The van der Waals surface area contributed by atoms with Gasteiger partial charge < -0.3 is 5.32 Å². The van der Waals surface area contributed by atoms with Crippen LogP contribution in [-0.4, -0.2) is 20.9 Å². The van der Waals surface area contributed by atoms with Crippen molar-refractivity contribution in [1.29, 1.82) is 0 Å². The van der Waals surface area contributed by atoms with Crippen LogP contribution in [0.5, 0.6) is 0 Å². The molecule has 5 heteroatoms. The summed E-state index contributed by atoms with van der Waals surface area (Å²) in [5.74, 6) is -0.238. The molecule has 21 heavy (non-hydrogen) atoms. The van der Waals surface area contributed by atoms with Crippen molar-refractivity contribution in [3.63, 3.8) is 0 Å². The van der Waals surface area contributed by atoms with Gasteiger partial charge in [0.1, 0.15) is 0 Å². The number of nitrogens with zero attached hydrogens (tertiary/aromatic N) is 3. The van der Waals surface area contributed by atoms with Gasteiger partial charge >= 0.3 is 0 Å². The maximum absolute atomic E-state index is 11.8. The third kappa shape index (κ3) is 3.27. The Morgan fingerprint density at radius 1 is 1.05 bits per heavy atom. The highest BCUT2D eigenvalue weighted by Crippen LogP contribution is 2.09. The highest BCUT2D eigenvalue weighted by molar-refractivity contribution is 6.01. The molecule has 0 saturated carbocycles. The van der Waals surface area contributed by atoms with Gasteiger partial charge in [-0.15, -0.1) is 0 Å². The number of rotatable bonds is 3. The van der Waals surface area contributed by atoms with Crippen molar-refractivity contribution in [3.8, 4) is 0 Å². The molecule has 0 aliphatic heterocycles. The molecular weight excluding hydrogens is 264 g/mol. The number of hydrogen-bond acceptors (Lipinski definition) is 4. The summed E-state index contributed by atoms with van der Waals surface area (Å²) >= 11 is 0. The smallest absolute Gasteiger partial charge is 0.248 e. The van der Waals surface area contributed by atoms with E-state index in [1.54, 1.807) is 36.8 Å². The van der Waals surface area contributed by atoms with Crippen molar-refractivity contribution in [3.05, 3.63) is 66.8 Å². The highest BCUT2D eigenvalue weighted by atomic mass is 16.1. The summed E-state index contributed by atoms with van der Waals surface area (Å²) < 4.78 is 0. The summed E-state index contributed by atoms with van der Waals surface area (Å²) in [6.45, 7) is 0. The van der Waals surface area contributed by atoms with Crippen molar-refractivity contribution in [1.82, 2.24) is 15.0 Å². The number of benzene rings is 1. The monoisotopic (exact) mass is 276 g/mol. The van der Waals surface area contributed by atoms with Crippen LogP contribution in [0.4, 0.5) is 5.69 Å². The minimum atomic E-state index is -0.238. The van der Waals surface area contributed by atoms with Crippen LogP contribution < -0.4 is 5.32 Å². The predicted molar refractivity (Wildman–Crippen MR) is 81.4 cm³/mol. The molecule has 102 valence electrons. The summed E-state index contributed by atoms with van der Waals surface area (Å²) in [4.78, 5) is 24.4. The minimum Gasteiger partial charge on any atom is -0.321 e. The average molecular weight is 276 g/mol. The Bertz CT molecular complexity index is 799. The molecular formula is C16H12N4O. The van der Waals surface area contributed by atoms with E-state index in [1.165, 1.54) is 6.08 Å². The van der Waals surface area contributed by atoms with Crippen LogP contribution in [0.3, 0.4) is 0 Å². The number of pyridine rings is 1. The van der Waals surface area contributed by atoms with Crippen molar-refractivity contribution >= 4 is 28.7 Å². The van der Waals surface area contributed by atoms with Crippen LogP contribution in [0.2, 0.25) is 0 Å². The quantitative estimate of drug-likeness (QED) is 0.747. The number of para-hydroxylation sites is 2. The van der Waals surface area contributed by atoms with Gasteiger partial charge in [0.15, 0.2) is 0 Å². The zero-order chi connectivity index (χ0) is 14.5.